The minimum Gasteiger partial charge on any atom is -0.328 e. The van der Waals surface area contributed by atoms with Crippen LogP contribution in [0.1, 0.15) is 52.9 Å². The second-order valence-electron chi connectivity index (χ2n) is 5.37. The van der Waals surface area contributed by atoms with E-state index in [0.29, 0.717) is 12.1 Å². The lowest BCUT2D eigenvalue weighted by atomic mass is 10.1. The van der Waals surface area contributed by atoms with Gasteiger partial charge in [0.2, 0.25) is 0 Å². The molecular weight excluding hydrogens is 184 g/mol. The topological polar surface area (TPSA) is 29.3 Å². The summed E-state index contributed by atoms with van der Waals surface area (Å²) in [6.45, 7) is 9.30. The molecule has 1 aliphatic rings. The van der Waals surface area contributed by atoms with Gasteiger partial charge in [0.05, 0.1) is 0 Å². The first kappa shape index (κ1) is 13.0. The van der Waals surface area contributed by atoms with Crippen LogP contribution in [0.5, 0.6) is 0 Å². The number of hydrogen-bond donors (Lipinski definition) is 1. The fourth-order valence-electron chi connectivity index (χ4n) is 2.04. The second-order valence-corrected chi connectivity index (χ2v) is 5.37. The Morgan fingerprint density at radius 3 is 2.40 bits per heavy atom. The summed E-state index contributed by atoms with van der Waals surface area (Å²) in [6, 6.07) is 1.09. The van der Waals surface area contributed by atoms with E-state index >= 15 is 0 Å². The number of hydrogen-bond acceptors (Lipinski definition) is 2. The highest BCUT2D eigenvalue weighted by molar-refractivity contribution is 4.79. The molecule has 1 saturated carbocycles. The Morgan fingerprint density at radius 2 is 1.93 bits per heavy atom. The Morgan fingerprint density at radius 1 is 1.27 bits per heavy atom. The predicted molar refractivity (Wildman–Crippen MR) is 66.9 cm³/mol. The molecule has 0 heterocycles. The molecule has 1 fully saturated rings. The van der Waals surface area contributed by atoms with Crippen molar-refractivity contribution in [2.24, 2.45) is 11.7 Å². The highest BCUT2D eigenvalue weighted by Crippen LogP contribution is 2.30. The average molecular weight is 212 g/mol. The molecule has 0 bridgehead atoms. The first-order valence-corrected chi connectivity index (χ1v) is 6.63. The molecule has 0 radical (unpaired) electrons. The van der Waals surface area contributed by atoms with E-state index in [2.05, 4.69) is 25.7 Å². The molecule has 2 nitrogen and oxygen atoms in total. The highest BCUT2D eigenvalue weighted by atomic mass is 15.1. The molecule has 1 aliphatic carbocycles. The van der Waals surface area contributed by atoms with Crippen molar-refractivity contribution in [2.45, 2.75) is 65.0 Å². The Balaban J connectivity index is 2.18. The van der Waals surface area contributed by atoms with Crippen LogP contribution < -0.4 is 5.73 Å². The molecule has 0 aromatic carbocycles. The van der Waals surface area contributed by atoms with E-state index in [0.717, 1.165) is 5.92 Å². The fourth-order valence-corrected chi connectivity index (χ4v) is 2.04. The van der Waals surface area contributed by atoms with Crippen molar-refractivity contribution in [2.75, 3.05) is 13.1 Å². The molecule has 2 heteroatoms. The van der Waals surface area contributed by atoms with Gasteiger partial charge in [-0.05, 0) is 52.0 Å². The molecule has 1 atom stereocenters. The van der Waals surface area contributed by atoms with E-state index in [1.54, 1.807) is 0 Å². The Kier molecular flexibility index (Phi) is 5.62. The van der Waals surface area contributed by atoms with E-state index < -0.39 is 0 Å². The summed E-state index contributed by atoms with van der Waals surface area (Å²) in [5, 5.41) is 0. The van der Waals surface area contributed by atoms with Crippen LogP contribution in [-0.4, -0.2) is 30.1 Å². The molecule has 90 valence electrons. The van der Waals surface area contributed by atoms with Crippen LogP contribution in [0, 0.1) is 5.92 Å². The standard InChI is InChI=1S/C13H28N2/c1-4-5-13(14)8-9-15(11(2)3)10-12-6-7-12/h11-13H,4-10,14H2,1-3H3. The van der Waals surface area contributed by atoms with Crippen LogP contribution in [-0.2, 0) is 0 Å². The maximum atomic E-state index is 6.05. The third kappa shape index (κ3) is 5.53. The zero-order valence-electron chi connectivity index (χ0n) is 10.7. The van der Waals surface area contributed by atoms with Gasteiger partial charge in [-0.3, -0.25) is 0 Å². The lowest BCUT2D eigenvalue weighted by molar-refractivity contribution is 0.204. The van der Waals surface area contributed by atoms with E-state index in [1.165, 1.54) is 45.2 Å². The zero-order valence-corrected chi connectivity index (χ0v) is 10.7. The average Bonchev–Trinajstić information content (AvgIpc) is 2.95. The Hall–Kier alpha value is -0.0800. The van der Waals surface area contributed by atoms with Gasteiger partial charge in [0.1, 0.15) is 0 Å². The van der Waals surface area contributed by atoms with E-state index in [9.17, 15) is 0 Å². The van der Waals surface area contributed by atoms with Crippen molar-refractivity contribution < 1.29 is 0 Å². The molecule has 0 aromatic heterocycles. The molecule has 0 saturated heterocycles. The molecule has 0 aliphatic heterocycles. The number of nitrogens with zero attached hydrogens (tertiary/aromatic N) is 1. The largest absolute Gasteiger partial charge is 0.328 e. The maximum Gasteiger partial charge on any atom is 0.00509 e. The Bertz CT molecular complexity index is 164. The van der Waals surface area contributed by atoms with Crippen LogP contribution >= 0.6 is 0 Å². The summed E-state index contributed by atoms with van der Waals surface area (Å²) in [7, 11) is 0. The summed E-state index contributed by atoms with van der Waals surface area (Å²) in [6.07, 6.45) is 6.45. The number of rotatable bonds is 8. The van der Waals surface area contributed by atoms with E-state index in [4.69, 9.17) is 5.73 Å². The molecule has 1 rings (SSSR count). The van der Waals surface area contributed by atoms with Crippen LogP contribution in [0.4, 0.5) is 0 Å². The van der Waals surface area contributed by atoms with Crippen LogP contribution in [0.25, 0.3) is 0 Å². The predicted octanol–water partition coefficient (Wildman–Crippen LogP) is 2.62. The maximum absolute atomic E-state index is 6.05. The summed E-state index contributed by atoms with van der Waals surface area (Å²) in [4.78, 5) is 2.60. The van der Waals surface area contributed by atoms with Gasteiger partial charge in [0.15, 0.2) is 0 Å². The van der Waals surface area contributed by atoms with Gasteiger partial charge in [0.25, 0.3) is 0 Å². The zero-order chi connectivity index (χ0) is 11.3. The Labute approximate surface area is 95.2 Å². The fraction of sp³-hybridized carbons (Fsp3) is 1.00. The van der Waals surface area contributed by atoms with Gasteiger partial charge in [-0.15, -0.1) is 0 Å². The molecule has 0 spiro atoms. The van der Waals surface area contributed by atoms with Crippen molar-refractivity contribution >= 4 is 0 Å². The number of nitrogens with two attached hydrogens (primary N) is 1. The third-order valence-corrected chi connectivity index (χ3v) is 3.37. The lowest BCUT2D eigenvalue weighted by Gasteiger charge is -2.27. The lowest BCUT2D eigenvalue weighted by Crippen LogP contribution is -2.36. The molecule has 1 unspecified atom stereocenters. The van der Waals surface area contributed by atoms with Crippen LogP contribution in [0.2, 0.25) is 0 Å². The van der Waals surface area contributed by atoms with Crippen molar-refractivity contribution in [3.05, 3.63) is 0 Å². The summed E-state index contributed by atoms with van der Waals surface area (Å²) < 4.78 is 0. The SMILES string of the molecule is CCCC(N)CCN(CC1CC1)C(C)C. The molecule has 0 aromatic rings. The van der Waals surface area contributed by atoms with Crippen LogP contribution in [0.15, 0.2) is 0 Å². The smallest absolute Gasteiger partial charge is 0.00509 e. The first-order valence-electron chi connectivity index (χ1n) is 6.63. The molecule has 0 amide bonds. The van der Waals surface area contributed by atoms with Crippen molar-refractivity contribution in [1.82, 2.24) is 4.90 Å². The van der Waals surface area contributed by atoms with Gasteiger partial charge in [-0.25, -0.2) is 0 Å². The van der Waals surface area contributed by atoms with E-state index in [-0.39, 0.29) is 0 Å². The van der Waals surface area contributed by atoms with Crippen molar-refractivity contribution in [1.29, 1.82) is 0 Å². The molecule has 2 N–H and O–H groups in total. The summed E-state index contributed by atoms with van der Waals surface area (Å²) in [5.41, 5.74) is 6.05. The highest BCUT2D eigenvalue weighted by Gasteiger charge is 2.25. The van der Waals surface area contributed by atoms with Gasteiger partial charge in [-0.2, -0.15) is 0 Å². The van der Waals surface area contributed by atoms with Crippen molar-refractivity contribution in [3.8, 4) is 0 Å². The van der Waals surface area contributed by atoms with Gasteiger partial charge >= 0.3 is 0 Å². The van der Waals surface area contributed by atoms with Crippen molar-refractivity contribution in [3.63, 3.8) is 0 Å². The minimum absolute atomic E-state index is 0.412. The normalized spacial score (nSPS) is 18.8. The monoisotopic (exact) mass is 212 g/mol. The van der Waals surface area contributed by atoms with Crippen LogP contribution in [0.3, 0.4) is 0 Å². The second kappa shape index (κ2) is 6.49. The minimum atomic E-state index is 0.412. The van der Waals surface area contributed by atoms with E-state index in [1.807, 2.05) is 0 Å². The summed E-state index contributed by atoms with van der Waals surface area (Å²) in [5.74, 6) is 0.995. The molecule has 15 heavy (non-hydrogen) atoms. The molecular formula is C13H28N2. The summed E-state index contributed by atoms with van der Waals surface area (Å²) >= 11 is 0. The first-order chi connectivity index (χ1) is 7.13. The van der Waals surface area contributed by atoms with Gasteiger partial charge in [-0.1, -0.05) is 13.3 Å². The van der Waals surface area contributed by atoms with Gasteiger partial charge in [0, 0.05) is 18.6 Å². The third-order valence-electron chi connectivity index (χ3n) is 3.37. The van der Waals surface area contributed by atoms with Gasteiger partial charge < -0.3 is 10.6 Å². The quantitative estimate of drug-likeness (QED) is 0.670.